The molecule has 4 aromatic rings. The Morgan fingerprint density at radius 2 is 2.22 bits per heavy atom. The SMILES string of the molecule is N#Cc1cnc2c(c1)CCC[C@H]2Oc1ccc2[nH]nc(-c3cnco3)c2c1. The Morgan fingerprint density at radius 1 is 1.26 bits per heavy atom. The molecule has 7 heteroatoms. The van der Waals surface area contributed by atoms with E-state index in [4.69, 9.17) is 14.4 Å². The van der Waals surface area contributed by atoms with Gasteiger partial charge in [0, 0.05) is 11.6 Å². The van der Waals surface area contributed by atoms with Crippen LogP contribution in [-0.4, -0.2) is 20.2 Å². The van der Waals surface area contributed by atoms with Gasteiger partial charge in [0.15, 0.2) is 12.2 Å². The van der Waals surface area contributed by atoms with E-state index in [-0.39, 0.29) is 6.10 Å². The van der Waals surface area contributed by atoms with Gasteiger partial charge >= 0.3 is 0 Å². The summed E-state index contributed by atoms with van der Waals surface area (Å²) in [5.74, 6) is 1.35. The lowest BCUT2D eigenvalue weighted by atomic mass is 9.93. The summed E-state index contributed by atoms with van der Waals surface area (Å²) in [5, 5.41) is 17.3. The molecule has 1 aliphatic carbocycles. The molecule has 0 unspecified atom stereocenters. The number of aromatic amines is 1. The van der Waals surface area contributed by atoms with Crippen molar-refractivity contribution >= 4 is 10.9 Å². The summed E-state index contributed by atoms with van der Waals surface area (Å²) >= 11 is 0. The van der Waals surface area contributed by atoms with Crippen LogP contribution in [0.2, 0.25) is 0 Å². The van der Waals surface area contributed by atoms with Crippen LogP contribution in [-0.2, 0) is 6.42 Å². The average molecular weight is 357 g/mol. The Balaban J connectivity index is 1.49. The second-order valence-electron chi connectivity index (χ2n) is 6.52. The maximum absolute atomic E-state index is 9.08. The van der Waals surface area contributed by atoms with Crippen molar-refractivity contribution in [1.82, 2.24) is 20.2 Å². The summed E-state index contributed by atoms with van der Waals surface area (Å²) in [7, 11) is 0. The molecule has 1 aromatic carbocycles. The number of hydrogen-bond donors (Lipinski definition) is 1. The van der Waals surface area contributed by atoms with Crippen molar-refractivity contribution < 1.29 is 9.15 Å². The lowest BCUT2D eigenvalue weighted by Gasteiger charge is -2.25. The molecule has 3 aromatic heterocycles. The molecule has 0 fully saturated rings. The number of hydrogen-bond acceptors (Lipinski definition) is 6. The smallest absolute Gasteiger partial charge is 0.181 e. The standard InChI is InChI=1S/C20H15N5O2/c21-8-12-6-13-2-1-3-17(19(13)23-9-12)27-14-4-5-16-15(7-14)20(25-24-16)18-10-22-11-26-18/h4-7,9-11,17H,1-3H2,(H,24,25)/t17-/m1/s1. The van der Waals surface area contributed by atoms with Crippen molar-refractivity contribution in [3.05, 3.63) is 59.9 Å². The van der Waals surface area contributed by atoms with Crippen LogP contribution in [0.4, 0.5) is 0 Å². The second-order valence-corrected chi connectivity index (χ2v) is 6.52. The highest BCUT2D eigenvalue weighted by Crippen LogP contribution is 2.35. The van der Waals surface area contributed by atoms with E-state index < -0.39 is 0 Å². The van der Waals surface area contributed by atoms with E-state index in [9.17, 15) is 0 Å². The molecule has 1 atom stereocenters. The van der Waals surface area contributed by atoms with Crippen LogP contribution in [0, 0.1) is 11.3 Å². The predicted octanol–water partition coefficient (Wildman–Crippen LogP) is 3.94. The number of nitriles is 1. The number of rotatable bonds is 3. The highest BCUT2D eigenvalue weighted by molar-refractivity contribution is 5.92. The number of oxazole rings is 1. The first-order valence-electron chi connectivity index (χ1n) is 8.74. The monoisotopic (exact) mass is 357 g/mol. The topological polar surface area (TPSA) is 101 Å². The fraction of sp³-hybridized carbons (Fsp3) is 0.200. The number of aryl methyl sites for hydroxylation is 1. The number of nitrogens with zero attached hydrogens (tertiary/aromatic N) is 4. The van der Waals surface area contributed by atoms with Crippen molar-refractivity contribution in [1.29, 1.82) is 5.26 Å². The molecule has 7 nitrogen and oxygen atoms in total. The van der Waals surface area contributed by atoms with Crippen LogP contribution < -0.4 is 4.74 Å². The maximum Gasteiger partial charge on any atom is 0.181 e. The van der Waals surface area contributed by atoms with Crippen LogP contribution in [0.5, 0.6) is 5.75 Å². The molecule has 0 aliphatic heterocycles. The van der Waals surface area contributed by atoms with Gasteiger partial charge in [0.1, 0.15) is 23.6 Å². The zero-order valence-corrected chi connectivity index (χ0v) is 14.3. The third kappa shape index (κ3) is 2.72. The van der Waals surface area contributed by atoms with E-state index in [1.54, 1.807) is 12.4 Å². The fourth-order valence-corrected chi connectivity index (χ4v) is 3.55. The Hall–Kier alpha value is -3.66. The van der Waals surface area contributed by atoms with Gasteiger partial charge in [-0.05, 0) is 49.1 Å². The number of ether oxygens (including phenoxy) is 1. The lowest BCUT2D eigenvalue weighted by molar-refractivity contribution is 0.178. The van der Waals surface area contributed by atoms with Crippen LogP contribution in [0.15, 0.2) is 47.5 Å². The molecule has 0 bridgehead atoms. The largest absolute Gasteiger partial charge is 0.484 e. The summed E-state index contributed by atoms with van der Waals surface area (Å²) in [5.41, 5.74) is 4.20. The van der Waals surface area contributed by atoms with Gasteiger partial charge in [-0.15, -0.1) is 0 Å². The molecular weight excluding hydrogens is 342 g/mol. The van der Waals surface area contributed by atoms with Gasteiger partial charge in [-0.25, -0.2) is 4.98 Å². The molecule has 1 N–H and O–H groups in total. The van der Waals surface area contributed by atoms with E-state index in [0.29, 0.717) is 17.0 Å². The number of aromatic nitrogens is 4. The van der Waals surface area contributed by atoms with Gasteiger partial charge in [0.05, 0.1) is 23.0 Å². The Bertz CT molecular complexity index is 1160. The third-order valence-electron chi connectivity index (χ3n) is 4.83. The molecule has 5 rings (SSSR count). The Kier molecular flexibility index (Phi) is 3.61. The van der Waals surface area contributed by atoms with Crippen molar-refractivity contribution in [3.8, 4) is 23.3 Å². The van der Waals surface area contributed by atoms with Gasteiger partial charge in [-0.1, -0.05) is 0 Å². The number of fused-ring (bicyclic) bond motifs is 2. The van der Waals surface area contributed by atoms with Crippen LogP contribution in [0.1, 0.15) is 35.8 Å². The van der Waals surface area contributed by atoms with Crippen LogP contribution >= 0.6 is 0 Å². The van der Waals surface area contributed by atoms with Gasteiger partial charge < -0.3 is 9.15 Å². The van der Waals surface area contributed by atoms with Crippen molar-refractivity contribution in [2.24, 2.45) is 0 Å². The van der Waals surface area contributed by atoms with E-state index >= 15 is 0 Å². The molecule has 0 saturated heterocycles. The molecule has 0 saturated carbocycles. The first kappa shape index (κ1) is 15.6. The average Bonchev–Trinajstić information content (AvgIpc) is 3.37. The van der Waals surface area contributed by atoms with Crippen molar-refractivity contribution in [3.63, 3.8) is 0 Å². The second kappa shape index (κ2) is 6.25. The normalized spacial score (nSPS) is 16.0. The van der Waals surface area contributed by atoms with Crippen molar-refractivity contribution in [2.45, 2.75) is 25.4 Å². The zero-order valence-electron chi connectivity index (χ0n) is 14.3. The minimum Gasteiger partial charge on any atom is -0.484 e. The van der Waals surface area contributed by atoms with Crippen molar-refractivity contribution in [2.75, 3.05) is 0 Å². The maximum atomic E-state index is 9.08. The Morgan fingerprint density at radius 3 is 3.07 bits per heavy atom. The first-order valence-corrected chi connectivity index (χ1v) is 8.74. The molecule has 0 spiro atoms. The summed E-state index contributed by atoms with van der Waals surface area (Å²) < 4.78 is 11.6. The quantitative estimate of drug-likeness (QED) is 0.596. The first-order chi connectivity index (χ1) is 13.3. The lowest BCUT2D eigenvalue weighted by Crippen LogP contribution is -2.17. The minimum atomic E-state index is -0.125. The van der Waals surface area contributed by atoms with E-state index in [2.05, 4.69) is 26.2 Å². The molecule has 27 heavy (non-hydrogen) atoms. The van der Waals surface area contributed by atoms with Gasteiger partial charge in [0.2, 0.25) is 0 Å². The minimum absolute atomic E-state index is 0.125. The molecule has 132 valence electrons. The van der Waals surface area contributed by atoms with E-state index in [1.807, 2.05) is 24.3 Å². The molecular formula is C20H15N5O2. The molecule has 1 aliphatic rings. The highest BCUT2D eigenvalue weighted by atomic mass is 16.5. The number of pyridine rings is 1. The number of H-pyrrole nitrogens is 1. The zero-order chi connectivity index (χ0) is 18.2. The number of benzene rings is 1. The van der Waals surface area contributed by atoms with E-state index in [1.165, 1.54) is 6.39 Å². The van der Waals surface area contributed by atoms with E-state index in [0.717, 1.165) is 47.2 Å². The summed E-state index contributed by atoms with van der Waals surface area (Å²) in [6.45, 7) is 0. The van der Waals surface area contributed by atoms with Gasteiger partial charge in [0.25, 0.3) is 0 Å². The molecule has 0 radical (unpaired) electrons. The molecule has 3 heterocycles. The highest BCUT2D eigenvalue weighted by Gasteiger charge is 2.24. The predicted molar refractivity (Wildman–Crippen MR) is 96.8 cm³/mol. The van der Waals surface area contributed by atoms with Crippen LogP contribution in [0.25, 0.3) is 22.4 Å². The summed E-state index contributed by atoms with van der Waals surface area (Å²) in [6.07, 6.45) is 7.33. The summed E-state index contributed by atoms with van der Waals surface area (Å²) in [6, 6.07) is 9.88. The fourth-order valence-electron chi connectivity index (χ4n) is 3.55. The Labute approximate surface area is 154 Å². The van der Waals surface area contributed by atoms with Gasteiger partial charge in [-0.2, -0.15) is 10.4 Å². The van der Waals surface area contributed by atoms with Gasteiger partial charge in [-0.3, -0.25) is 10.1 Å². The third-order valence-corrected chi connectivity index (χ3v) is 4.83. The summed E-state index contributed by atoms with van der Waals surface area (Å²) in [4.78, 5) is 8.45. The van der Waals surface area contributed by atoms with Crippen LogP contribution in [0.3, 0.4) is 0 Å². The molecule has 0 amide bonds. The number of nitrogens with one attached hydrogen (secondary N) is 1.